The molecule has 0 radical (unpaired) electrons. The maximum Gasteiger partial charge on any atom is 0.333 e. The van der Waals surface area contributed by atoms with Crippen LogP contribution in [0.3, 0.4) is 0 Å². The normalized spacial score (nSPS) is 21.6. The summed E-state index contributed by atoms with van der Waals surface area (Å²) in [6.07, 6.45) is 1.77. The molecule has 2 aromatic rings. The Balaban J connectivity index is 1.90. The number of benzene rings is 2. The molecule has 31 heavy (non-hydrogen) atoms. The zero-order chi connectivity index (χ0) is 22.7. The molecule has 1 aliphatic rings. The Labute approximate surface area is 187 Å². The first kappa shape index (κ1) is 23.5. The van der Waals surface area contributed by atoms with Crippen LogP contribution >= 0.6 is 0 Å². The number of hydrogen-bond donors (Lipinski definition) is 0. The molecule has 0 bridgehead atoms. The maximum atomic E-state index is 12.0. The highest BCUT2D eigenvalue weighted by Gasteiger charge is 2.55. The molecule has 2 atom stereocenters. The topological polar surface area (TPSA) is 48.1 Å². The highest BCUT2D eigenvalue weighted by molar-refractivity contribution is 6.99. The van der Waals surface area contributed by atoms with Crippen molar-refractivity contribution >= 4 is 24.7 Å². The van der Waals surface area contributed by atoms with Crippen LogP contribution < -0.4 is 10.4 Å². The predicted octanol–water partition coefficient (Wildman–Crippen LogP) is 4.23. The van der Waals surface area contributed by atoms with Crippen LogP contribution in [-0.2, 0) is 18.7 Å². The van der Waals surface area contributed by atoms with Gasteiger partial charge in [0.15, 0.2) is 0 Å². The standard InChI is InChI=1S/C26H34O4Si/c1-7-28-24(27)20(2)18-26(6)23(30-26)19-29-31(25(3,4)5,21-14-10-8-11-15-21)22-16-12-9-13-17-22/h8-18,23H,7,19H2,1-6H3/b20-18+/t23-,26-/m0/s1. The van der Waals surface area contributed by atoms with Crippen molar-refractivity contribution in [2.75, 3.05) is 13.2 Å². The zero-order valence-corrected chi connectivity index (χ0v) is 20.5. The summed E-state index contributed by atoms with van der Waals surface area (Å²) in [5, 5.41) is 2.40. The third-order valence-corrected chi connectivity index (χ3v) is 11.0. The minimum atomic E-state index is -2.60. The fraction of sp³-hybridized carbons (Fsp3) is 0.423. The van der Waals surface area contributed by atoms with Gasteiger partial charge in [0.2, 0.25) is 0 Å². The molecular formula is C26H34O4Si. The molecule has 0 unspecified atom stereocenters. The summed E-state index contributed by atoms with van der Waals surface area (Å²) < 4.78 is 18.0. The van der Waals surface area contributed by atoms with Gasteiger partial charge in [0, 0.05) is 5.57 Å². The van der Waals surface area contributed by atoms with E-state index in [9.17, 15) is 4.79 Å². The van der Waals surface area contributed by atoms with Crippen molar-refractivity contribution < 1.29 is 18.7 Å². The summed E-state index contributed by atoms with van der Waals surface area (Å²) >= 11 is 0. The van der Waals surface area contributed by atoms with Crippen molar-refractivity contribution in [1.82, 2.24) is 0 Å². The molecule has 0 aliphatic carbocycles. The fourth-order valence-electron chi connectivity index (χ4n) is 4.29. The Morgan fingerprint density at radius 2 is 1.58 bits per heavy atom. The molecule has 0 N–H and O–H groups in total. The van der Waals surface area contributed by atoms with E-state index in [0.29, 0.717) is 18.8 Å². The van der Waals surface area contributed by atoms with E-state index >= 15 is 0 Å². The van der Waals surface area contributed by atoms with Crippen LogP contribution in [0.5, 0.6) is 0 Å². The Morgan fingerprint density at radius 1 is 1.06 bits per heavy atom. The van der Waals surface area contributed by atoms with Crippen molar-refractivity contribution in [2.24, 2.45) is 0 Å². The molecule has 0 saturated carbocycles. The van der Waals surface area contributed by atoms with Crippen LogP contribution in [0, 0.1) is 0 Å². The van der Waals surface area contributed by atoms with Crippen LogP contribution in [-0.4, -0.2) is 39.2 Å². The summed E-state index contributed by atoms with van der Waals surface area (Å²) in [6.45, 7) is 13.2. The van der Waals surface area contributed by atoms with Gasteiger partial charge >= 0.3 is 5.97 Å². The lowest BCUT2D eigenvalue weighted by Gasteiger charge is -2.43. The lowest BCUT2D eigenvalue weighted by molar-refractivity contribution is -0.138. The molecule has 4 nitrogen and oxygen atoms in total. The van der Waals surface area contributed by atoms with Crippen molar-refractivity contribution in [1.29, 1.82) is 0 Å². The third-order valence-electron chi connectivity index (χ3n) is 5.95. The molecule has 1 saturated heterocycles. The quantitative estimate of drug-likeness (QED) is 0.268. The van der Waals surface area contributed by atoms with Gasteiger partial charge in [0.25, 0.3) is 8.32 Å². The lowest BCUT2D eigenvalue weighted by atomic mass is 10.1. The fourth-order valence-corrected chi connectivity index (χ4v) is 8.85. The van der Waals surface area contributed by atoms with Crippen LogP contribution in [0.1, 0.15) is 41.5 Å². The average molecular weight is 439 g/mol. The van der Waals surface area contributed by atoms with Gasteiger partial charge < -0.3 is 13.9 Å². The van der Waals surface area contributed by atoms with Gasteiger partial charge in [-0.05, 0) is 42.3 Å². The summed E-state index contributed by atoms with van der Waals surface area (Å²) in [6, 6.07) is 21.1. The Morgan fingerprint density at radius 3 is 2.03 bits per heavy atom. The van der Waals surface area contributed by atoms with Crippen LogP contribution in [0.4, 0.5) is 0 Å². The average Bonchev–Trinajstić information content (AvgIpc) is 3.38. The Kier molecular flexibility index (Phi) is 6.89. The number of carbonyl (C=O) groups is 1. The smallest absolute Gasteiger partial charge is 0.333 e. The van der Waals surface area contributed by atoms with Crippen molar-refractivity contribution in [3.05, 3.63) is 72.3 Å². The highest BCUT2D eigenvalue weighted by Crippen LogP contribution is 2.42. The van der Waals surface area contributed by atoms with E-state index in [4.69, 9.17) is 13.9 Å². The largest absolute Gasteiger partial charge is 0.463 e. The Bertz CT molecular complexity index is 878. The van der Waals surface area contributed by atoms with Crippen molar-refractivity contribution in [3.8, 4) is 0 Å². The minimum Gasteiger partial charge on any atom is -0.463 e. The number of hydrogen-bond acceptors (Lipinski definition) is 4. The molecule has 0 spiro atoms. The van der Waals surface area contributed by atoms with E-state index in [1.54, 1.807) is 13.8 Å². The van der Waals surface area contributed by atoms with Gasteiger partial charge in [0.05, 0.1) is 13.2 Å². The van der Waals surface area contributed by atoms with E-state index in [1.165, 1.54) is 10.4 Å². The molecular weight excluding hydrogens is 404 g/mol. The highest BCUT2D eigenvalue weighted by atomic mass is 28.4. The van der Waals surface area contributed by atoms with E-state index in [-0.39, 0.29) is 17.1 Å². The van der Waals surface area contributed by atoms with E-state index in [2.05, 4.69) is 69.3 Å². The molecule has 0 aromatic heterocycles. The number of epoxide rings is 1. The van der Waals surface area contributed by atoms with Gasteiger partial charge in [-0.1, -0.05) is 81.4 Å². The van der Waals surface area contributed by atoms with Crippen LogP contribution in [0.25, 0.3) is 0 Å². The zero-order valence-electron chi connectivity index (χ0n) is 19.5. The lowest BCUT2D eigenvalue weighted by Crippen LogP contribution is -2.66. The van der Waals surface area contributed by atoms with Crippen molar-refractivity contribution in [3.63, 3.8) is 0 Å². The molecule has 3 rings (SSSR count). The van der Waals surface area contributed by atoms with Crippen molar-refractivity contribution in [2.45, 2.75) is 58.3 Å². The third kappa shape index (κ3) is 4.84. The molecule has 1 heterocycles. The van der Waals surface area contributed by atoms with Gasteiger partial charge in [-0.15, -0.1) is 0 Å². The second-order valence-electron chi connectivity index (χ2n) is 9.31. The summed E-state index contributed by atoms with van der Waals surface area (Å²) in [7, 11) is -2.60. The Hall–Kier alpha value is -2.21. The predicted molar refractivity (Wildman–Crippen MR) is 127 cm³/mol. The van der Waals surface area contributed by atoms with Gasteiger partial charge in [-0.2, -0.15) is 0 Å². The van der Waals surface area contributed by atoms with Gasteiger partial charge in [-0.25, -0.2) is 4.79 Å². The first-order valence-electron chi connectivity index (χ1n) is 10.9. The van der Waals surface area contributed by atoms with Crippen LogP contribution in [0.15, 0.2) is 72.3 Å². The summed E-state index contributed by atoms with van der Waals surface area (Å²) in [5.74, 6) is -0.300. The second-order valence-corrected chi connectivity index (χ2v) is 13.6. The maximum absolute atomic E-state index is 12.0. The molecule has 1 fully saturated rings. The SMILES string of the molecule is CCOC(=O)/C(C)=C/[C@]1(C)O[C@H]1CO[Si](c1ccccc1)(c1ccccc1)C(C)(C)C. The van der Waals surface area contributed by atoms with Gasteiger partial charge in [-0.3, -0.25) is 0 Å². The first-order valence-corrected chi connectivity index (χ1v) is 12.8. The number of esters is 1. The summed E-state index contributed by atoms with van der Waals surface area (Å²) in [5.41, 5.74) is 0.0553. The van der Waals surface area contributed by atoms with Crippen LogP contribution in [0.2, 0.25) is 5.04 Å². The number of ether oxygens (including phenoxy) is 2. The molecule has 1 aliphatic heterocycles. The summed E-state index contributed by atoms with van der Waals surface area (Å²) in [4.78, 5) is 12.0. The van der Waals surface area contributed by atoms with Gasteiger partial charge in [0.1, 0.15) is 11.7 Å². The monoisotopic (exact) mass is 438 g/mol. The molecule has 0 amide bonds. The molecule has 5 heteroatoms. The van der Waals surface area contributed by atoms with E-state index in [1.807, 2.05) is 25.1 Å². The second kappa shape index (κ2) is 9.11. The molecule has 2 aromatic carbocycles. The minimum absolute atomic E-state index is 0.0856. The number of rotatable bonds is 8. The van der Waals surface area contributed by atoms with E-state index < -0.39 is 13.9 Å². The first-order chi connectivity index (χ1) is 14.6. The number of carbonyl (C=O) groups excluding carboxylic acids is 1. The molecule has 166 valence electrons. The van der Waals surface area contributed by atoms with E-state index in [0.717, 1.165) is 0 Å².